The Kier molecular flexibility index (Phi) is 3.16. The predicted molar refractivity (Wildman–Crippen MR) is 61.9 cm³/mol. The average Bonchev–Trinajstić information content (AvgIpc) is 2.63. The highest BCUT2D eigenvalue weighted by Crippen LogP contribution is 2.21. The molecule has 1 amide bonds. The molecule has 0 aliphatic heterocycles. The Bertz CT molecular complexity index is 611. The summed E-state index contributed by atoms with van der Waals surface area (Å²) < 4.78 is 40.6. The molecular weight excluding hydrogens is 261 g/mol. The van der Waals surface area contributed by atoms with Crippen molar-refractivity contribution in [1.82, 2.24) is 9.78 Å². The number of amides is 1. The number of aromatic nitrogens is 2. The molecule has 8 heteroatoms. The van der Waals surface area contributed by atoms with E-state index in [4.69, 9.17) is 5.73 Å². The second-order valence-corrected chi connectivity index (χ2v) is 3.77. The second-order valence-electron chi connectivity index (χ2n) is 3.77. The Morgan fingerprint density at radius 2 is 1.89 bits per heavy atom. The molecule has 0 atom stereocenters. The van der Waals surface area contributed by atoms with E-state index in [2.05, 4.69) is 5.10 Å². The molecule has 0 saturated carbocycles. The molecular formula is C11H9F3N4O. The van der Waals surface area contributed by atoms with Crippen LogP contribution in [0.25, 0.3) is 0 Å². The average molecular weight is 270 g/mol. The molecule has 19 heavy (non-hydrogen) atoms. The lowest BCUT2D eigenvalue weighted by molar-refractivity contribution is 0.101. The van der Waals surface area contributed by atoms with E-state index in [-0.39, 0.29) is 11.4 Å². The fourth-order valence-electron chi connectivity index (χ4n) is 1.57. The summed E-state index contributed by atoms with van der Waals surface area (Å²) in [6.07, 6.45) is 1.23. The maximum absolute atomic E-state index is 13.4. The third-order valence-corrected chi connectivity index (χ3v) is 2.43. The quantitative estimate of drug-likeness (QED) is 0.871. The van der Waals surface area contributed by atoms with Crippen molar-refractivity contribution < 1.29 is 18.0 Å². The lowest BCUT2D eigenvalue weighted by Gasteiger charge is -2.08. The Balaban J connectivity index is 2.35. The van der Waals surface area contributed by atoms with Gasteiger partial charge in [0.2, 0.25) is 0 Å². The van der Waals surface area contributed by atoms with E-state index < -0.39 is 29.0 Å². The smallest absolute Gasteiger partial charge is 0.276 e. The zero-order valence-corrected chi connectivity index (χ0v) is 9.75. The number of aryl methyl sites for hydroxylation is 1. The van der Waals surface area contributed by atoms with Crippen molar-refractivity contribution in [2.24, 2.45) is 7.05 Å². The largest absolute Gasteiger partial charge is 0.396 e. The van der Waals surface area contributed by atoms with Gasteiger partial charge in [-0.15, -0.1) is 0 Å². The van der Waals surface area contributed by atoms with Gasteiger partial charge >= 0.3 is 0 Å². The minimum atomic E-state index is -1.22. The monoisotopic (exact) mass is 270 g/mol. The summed E-state index contributed by atoms with van der Waals surface area (Å²) in [4.78, 5) is 11.8. The first-order chi connectivity index (χ1) is 8.90. The molecule has 0 aliphatic carbocycles. The van der Waals surface area contributed by atoms with Crippen molar-refractivity contribution in [2.45, 2.75) is 0 Å². The van der Waals surface area contributed by atoms with Crippen molar-refractivity contribution in [3.8, 4) is 0 Å². The van der Waals surface area contributed by atoms with E-state index in [0.29, 0.717) is 12.1 Å². The number of benzene rings is 1. The molecule has 0 aliphatic rings. The number of anilines is 2. The van der Waals surface area contributed by atoms with Gasteiger partial charge in [-0.05, 0) is 0 Å². The van der Waals surface area contributed by atoms with Gasteiger partial charge in [0.25, 0.3) is 5.91 Å². The highest BCUT2D eigenvalue weighted by atomic mass is 19.1. The van der Waals surface area contributed by atoms with Gasteiger partial charge in [0.15, 0.2) is 11.6 Å². The van der Waals surface area contributed by atoms with Gasteiger partial charge in [-0.2, -0.15) is 5.10 Å². The number of nitrogens with zero attached hydrogens (tertiary/aromatic N) is 2. The van der Waals surface area contributed by atoms with Crippen LogP contribution in [0.1, 0.15) is 10.5 Å². The van der Waals surface area contributed by atoms with Gasteiger partial charge in [-0.25, -0.2) is 13.2 Å². The van der Waals surface area contributed by atoms with Crippen LogP contribution in [0.3, 0.4) is 0 Å². The minimum Gasteiger partial charge on any atom is -0.396 e. The number of nitrogen functional groups attached to an aromatic ring is 1. The Morgan fingerprint density at radius 3 is 2.37 bits per heavy atom. The van der Waals surface area contributed by atoms with Gasteiger partial charge < -0.3 is 11.1 Å². The number of carbonyl (C=O) groups is 1. The molecule has 0 fully saturated rings. The second kappa shape index (κ2) is 4.63. The summed E-state index contributed by atoms with van der Waals surface area (Å²) in [6.45, 7) is 0. The van der Waals surface area contributed by atoms with Crippen LogP contribution in [0, 0.1) is 17.5 Å². The van der Waals surface area contributed by atoms with Crippen LogP contribution in [0.4, 0.5) is 24.5 Å². The third-order valence-electron chi connectivity index (χ3n) is 2.43. The Labute approximate surface area is 105 Å². The Morgan fingerprint density at radius 1 is 1.32 bits per heavy atom. The zero-order chi connectivity index (χ0) is 14.2. The number of hydrogen-bond donors (Lipinski definition) is 2. The molecule has 2 aromatic rings. The van der Waals surface area contributed by atoms with Gasteiger partial charge in [0.05, 0.1) is 11.9 Å². The lowest BCUT2D eigenvalue weighted by atomic mass is 10.2. The van der Waals surface area contributed by atoms with E-state index in [1.54, 1.807) is 0 Å². The summed E-state index contributed by atoms with van der Waals surface area (Å²) in [5.74, 6) is -4.35. The minimum absolute atomic E-state index is 0.0527. The molecule has 5 nitrogen and oxygen atoms in total. The third kappa shape index (κ3) is 2.37. The van der Waals surface area contributed by atoms with E-state index in [1.807, 2.05) is 5.32 Å². The highest BCUT2D eigenvalue weighted by Gasteiger charge is 2.19. The molecule has 1 heterocycles. The summed E-state index contributed by atoms with van der Waals surface area (Å²) in [5.41, 5.74) is 4.77. The molecule has 0 unspecified atom stereocenters. The van der Waals surface area contributed by atoms with Crippen LogP contribution in [0.5, 0.6) is 0 Å². The van der Waals surface area contributed by atoms with Gasteiger partial charge in [0.1, 0.15) is 17.2 Å². The fraction of sp³-hybridized carbons (Fsp3) is 0.0909. The number of rotatable bonds is 2. The summed E-state index contributed by atoms with van der Waals surface area (Å²) in [7, 11) is 1.45. The van der Waals surface area contributed by atoms with E-state index >= 15 is 0 Å². The van der Waals surface area contributed by atoms with Crippen LogP contribution in [-0.2, 0) is 7.05 Å². The molecule has 0 saturated heterocycles. The van der Waals surface area contributed by atoms with Crippen molar-refractivity contribution >= 4 is 17.3 Å². The highest BCUT2D eigenvalue weighted by molar-refractivity contribution is 6.06. The van der Waals surface area contributed by atoms with Gasteiger partial charge in [-0.1, -0.05) is 0 Å². The van der Waals surface area contributed by atoms with Crippen molar-refractivity contribution in [3.63, 3.8) is 0 Å². The fourth-order valence-corrected chi connectivity index (χ4v) is 1.57. The number of nitrogens with one attached hydrogen (secondary N) is 1. The number of halogens is 3. The van der Waals surface area contributed by atoms with Crippen LogP contribution < -0.4 is 11.1 Å². The van der Waals surface area contributed by atoms with Gasteiger partial charge in [0, 0.05) is 19.2 Å². The van der Waals surface area contributed by atoms with Crippen molar-refractivity contribution in [1.29, 1.82) is 0 Å². The molecule has 1 aromatic heterocycles. The molecule has 100 valence electrons. The molecule has 1 aromatic carbocycles. The van der Waals surface area contributed by atoms with Crippen LogP contribution in [0.2, 0.25) is 0 Å². The molecule has 0 radical (unpaired) electrons. The molecule has 2 rings (SSSR count). The normalized spacial score (nSPS) is 10.5. The molecule has 3 N–H and O–H groups in total. The standard InChI is InChI=1S/C11H9F3N4O/c1-18-10(8(15)4-16-18)11(19)17-9-6(13)2-5(12)3-7(9)14/h2-4H,15H2,1H3,(H,17,19). The van der Waals surface area contributed by atoms with Crippen molar-refractivity contribution in [2.75, 3.05) is 11.1 Å². The van der Waals surface area contributed by atoms with Gasteiger partial charge in [-0.3, -0.25) is 9.48 Å². The van der Waals surface area contributed by atoms with Crippen LogP contribution in [-0.4, -0.2) is 15.7 Å². The SMILES string of the molecule is Cn1ncc(N)c1C(=O)Nc1c(F)cc(F)cc1F. The summed E-state index contributed by atoms with van der Waals surface area (Å²) in [6, 6.07) is 0.927. The summed E-state index contributed by atoms with van der Waals surface area (Å²) in [5, 5.41) is 5.71. The number of carbonyl (C=O) groups excluding carboxylic acids is 1. The van der Waals surface area contributed by atoms with E-state index in [9.17, 15) is 18.0 Å². The predicted octanol–water partition coefficient (Wildman–Crippen LogP) is 1.67. The molecule has 0 bridgehead atoms. The maximum atomic E-state index is 13.4. The van der Waals surface area contributed by atoms with E-state index in [0.717, 1.165) is 4.68 Å². The maximum Gasteiger partial charge on any atom is 0.276 e. The number of nitrogens with two attached hydrogens (primary N) is 1. The Hall–Kier alpha value is -2.51. The zero-order valence-electron chi connectivity index (χ0n) is 9.75. The van der Waals surface area contributed by atoms with Crippen LogP contribution >= 0.6 is 0 Å². The van der Waals surface area contributed by atoms with Crippen molar-refractivity contribution in [3.05, 3.63) is 41.5 Å². The first-order valence-electron chi connectivity index (χ1n) is 5.13. The lowest BCUT2D eigenvalue weighted by Crippen LogP contribution is -2.19. The number of hydrogen-bond acceptors (Lipinski definition) is 3. The summed E-state index contributed by atoms with van der Waals surface area (Å²) >= 11 is 0. The van der Waals surface area contributed by atoms with Crippen LogP contribution in [0.15, 0.2) is 18.3 Å². The topological polar surface area (TPSA) is 72.9 Å². The first-order valence-corrected chi connectivity index (χ1v) is 5.13. The van der Waals surface area contributed by atoms with E-state index in [1.165, 1.54) is 13.2 Å². The first kappa shape index (κ1) is 12.9. The molecule has 0 spiro atoms.